The van der Waals surface area contributed by atoms with Gasteiger partial charge < -0.3 is 4.90 Å². The number of amides is 1. The highest BCUT2D eigenvalue weighted by Crippen LogP contribution is 2.45. The van der Waals surface area contributed by atoms with Crippen molar-refractivity contribution in [2.24, 2.45) is 11.0 Å². The number of hydrogen-bond acceptors (Lipinski definition) is 5. The van der Waals surface area contributed by atoms with E-state index in [-0.39, 0.29) is 29.1 Å². The third-order valence-corrected chi connectivity index (χ3v) is 8.50. The zero-order valence-electron chi connectivity index (χ0n) is 21.8. The summed E-state index contributed by atoms with van der Waals surface area (Å²) in [6, 6.07) is 19.6. The highest BCUT2D eigenvalue weighted by Gasteiger charge is 2.44. The predicted molar refractivity (Wildman–Crippen MR) is 159 cm³/mol. The van der Waals surface area contributed by atoms with Gasteiger partial charge >= 0.3 is 0 Å². The van der Waals surface area contributed by atoms with Crippen LogP contribution in [0.5, 0.6) is 0 Å². The van der Waals surface area contributed by atoms with E-state index in [1.807, 2.05) is 53.4 Å². The van der Waals surface area contributed by atoms with Crippen LogP contribution in [-0.4, -0.2) is 34.6 Å². The van der Waals surface area contributed by atoms with E-state index in [1.54, 1.807) is 12.1 Å². The number of fused-ring (bicyclic) bond motifs is 1. The number of nitro groups is 1. The first kappa shape index (κ1) is 26.5. The Hall–Kier alpha value is -3.68. The summed E-state index contributed by atoms with van der Waals surface area (Å²) in [6.45, 7) is 1.55. The normalized spacial score (nSPS) is 21.4. The molecule has 2 atom stereocenters. The first-order chi connectivity index (χ1) is 19.4. The van der Waals surface area contributed by atoms with E-state index < -0.39 is 4.92 Å². The van der Waals surface area contributed by atoms with Crippen LogP contribution in [0.3, 0.4) is 0 Å². The molecule has 1 aliphatic carbocycles. The van der Waals surface area contributed by atoms with Crippen LogP contribution < -0.4 is 4.90 Å². The number of nitro benzene ring substituents is 1. The molecule has 3 aromatic rings. The Balaban J connectivity index is 1.41. The zero-order chi connectivity index (χ0) is 27.8. The predicted octanol–water partition coefficient (Wildman–Crippen LogP) is 7.94. The number of halogens is 2. The molecule has 2 unspecified atom stereocenters. The van der Waals surface area contributed by atoms with Gasteiger partial charge in [0.2, 0.25) is 0 Å². The van der Waals surface area contributed by atoms with Gasteiger partial charge in [0.15, 0.2) is 0 Å². The van der Waals surface area contributed by atoms with Crippen molar-refractivity contribution in [1.29, 1.82) is 0 Å². The SMILES string of the molecule is O=C(c1ccc(N2CCCC2)c([N+](=O)[O-])c1)N1N=C2/C(=C/c3ccc(Cl)cc3)CCCC2C1c1ccc(Cl)cc1. The molecule has 3 aromatic carbocycles. The van der Waals surface area contributed by atoms with Crippen molar-refractivity contribution in [2.75, 3.05) is 18.0 Å². The van der Waals surface area contributed by atoms with E-state index in [9.17, 15) is 14.9 Å². The lowest BCUT2D eigenvalue weighted by atomic mass is 9.77. The number of carbonyl (C=O) groups excluding carboxylic acids is 1. The average molecular weight is 575 g/mol. The summed E-state index contributed by atoms with van der Waals surface area (Å²) in [5.74, 6) is -0.361. The molecule has 1 saturated heterocycles. The third-order valence-electron chi connectivity index (χ3n) is 8.00. The molecule has 7 nitrogen and oxygen atoms in total. The summed E-state index contributed by atoms with van der Waals surface area (Å²) in [5, 5.41) is 19.8. The fourth-order valence-corrected chi connectivity index (χ4v) is 6.33. The number of allylic oxidation sites excluding steroid dienone is 1. The molecule has 2 heterocycles. The van der Waals surface area contributed by atoms with Crippen molar-refractivity contribution in [2.45, 2.75) is 38.1 Å². The lowest BCUT2D eigenvalue weighted by Crippen LogP contribution is -2.32. The van der Waals surface area contributed by atoms with Gasteiger partial charge in [-0.1, -0.05) is 47.5 Å². The molecule has 2 aliphatic heterocycles. The number of benzene rings is 3. The summed E-state index contributed by atoms with van der Waals surface area (Å²) in [4.78, 5) is 27.7. The van der Waals surface area contributed by atoms with Gasteiger partial charge in [-0.2, -0.15) is 5.10 Å². The highest BCUT2D eigenvalue weighted by atomic mass is 35.5. The van der Waals surface area contributed by atoms with Gasteiger partial charge in [-0.3, -0.25) is 14.9 Å². The van der Waals surface area contributed by atoms with E-state index in [1.165, 1.54) is 11.1 Å². The Kier molecular flexibility index (Phi) is 7.34. The number of anilines is 1. The quantitative estimate of drug-likeness (QED) is 0.229. The fourth-order valence-electron chi connectivity index (χ4n) is 6.08. The summed E-state index contributed by atoms with van der Waals surface area (Å²) >= 11 is 12.3. The van der Waals surface area contributed by atoms with E-state index in [4.69, 9.17) is 28.3 Å². The second-order valence-electron chi connectivity index (χ2n) is 10.5. The second-order valence-corrected chi connectivity index (χ2v) is 11.4. The minimum atomic E-state index is -0.399. The molecule has 3 aliphatic rings. The second kappa shape index (κ2) is 11.1. The first-order valence-corrected chi connectivity index (χ1v) is 14.3. The molecule has 0 radical (unpaired) electrons. The van der Waals surface area contributed by atoms with Crippen molar-refractivity contribution in [3.8, 4) is 0 Å². The molecule has 1 amide bonds. The van der Waals surface area contributed by atoms with Gasteiger partial charge in [0, 0.05) is 40.7 Å². The third kappa shape index (κ3) is 5.11. The number of rotatable bonds is 5. The van der Waals surface area contributed by atoms with Gasteiger partial charge in [-0.05, 0) is 91.3 Å². The average Bonchev–Trinajstić information content (AvgIpc) is 3.63. The van der Waals surface area contributed by atoms with Crippen LogP contribution in [0, 0.1) is 16.0 Å². The molecule has 0 N–H and O–H groups in total. The van der Waals surface area contributed by atoms with Crippen LogP contribution in [0.2, 0.25) is 10.0 Å². The fraction of sp³-hybridized carbons (Fsp3) is 0.290. The smallest absolute Gasteiger partial charge is 0.293 e. The van der Waals surface area contributed by atoms with Crippen LogP contribution in [0.25, 0.3) is 6.08 Å². The minimum absolute atomic E-state index is 0.00344. The Morgan fingerprint density at radius 3 is 2.30 bits per heavy atom. The number of hydrogen-bond donors (Lipinski definition) is 0. The van der Waals surface area contributed by atoms with Gasteiger partial charge in [-0.25, -0.2) is 5.01 Å². The topological polar surface area (TPSA) is 79.0 Å². The molecule has 9 heteroatoms. The minimum Gasteiger partial charge on any atom is -0.366 e. The number of hydrazone groups is 1. The Morgan fingerprint density at radius 2 is 1.62 bits per heavy atom. The van der Waals surface area contributed by atoms with Crippen LogP contribution in [0.15, 0.2) is 77.4 Å². The molecule has 0 aromatic heterocycles. The maximum Gasteiger partial charge on any atom is 0.293 e. The molecule has 40 heavy (non-hydrogen) atoms. The molecule has 2 fully saturated rings. The molecule has 6 rings (SSSR count). The van der Waals surface area contributed by atoms with Crippen molar-refractivity contribution < 1.29 is 9.72 Å². The van der Waals surface area contributed by atoms with Crippen LogP contribution >= 0.6 is 23.2 Å². The monoisotopic (exact) mass is 574 g/mol. The van der Waals surface area contributed by atoms with Gasteiger partial charge in [-0.15, -0.1) is 0 Å². The molecule has 1 saturated carbocycles. The Bertz CT molecular complexity index is 1510. The molecule has 0 bridgehead atoms. The van der Waals surface area contributed by atoms with Crippen molar-refractivity contribution in [3.05, 3.63) is 109 Å². The van der Waals surface area contributed by atoms with Crippen LogP contribution in [-0.2, 0) is 0 Å². The maximum atomic E-state index is 14.1. The van der Waals surface area contributed by atoms with Crippen molar-refractivity contribution in [1.82, 2.24) is 5.01 Å². The van der Waals surface area contributed by atoms with E-state index in [0.29, 0.717) is 15.7 Å². The van der Waals surface area contributed by atoms with Crippen molar-refractivity contribution >= 4 is 52.3 Å². The Labute approximate surface area is 242 Å². The first-order valence-electron chi connectivity index (χ1n) is 13.6. The summed E-state index contributed by atoms with van der Waals surface area (Å²) < 4.78 is 0. The molecule has 0 spiro atoms. The van der Waals surface area contributed by atoms with Gasteiger partial charge in [0.25, 0.3) is 11.6 Å². The molecular formula is C31H28Cl2N4O3. The van der Waals surface area contributed by atoms with Gasteiger partial charge in [0.1, 0.15) is 5.69 Å². The lowest BCUT2D eigenvalue weighted by molar-refractivity contribution is -0.384. The van der Waals surface area contributed by atoms with E-state index in [2.05, 4.69) is 6.08 Å². The zero-order valence-corrected chi connectivity index (χ0v) is 23.3. The highest BCUT2D eigenvalue weighted by molar-refractivity contribution is 6.30. The maximum absolute atomic E-state index is 14.1. The van der Waals surface area contributed by atoms with Crippen molar-refractivity contribution in [3.63, 3.8) is 0 Å². The standard InChI is InChI=1S/C31H28Cl2N4O3/c32-24-11-6-20(7-12-24)18-22-4-3-5-26-29(22)34-36(30(26)21-8-13-25(33)14-9-21)31(38)23-10-15-27(28(19-23)37(39)40)35-16-1-2-17-35/h6-15,18-19,26,30H,1-5,16-17H2/b22-18+. The number of carbonyl (C=O) groups is 1. The number of nitrogens with zero attached hydrogens (tertiary/aromatic N) is 4. The van der Waals surface area contributed by atoms with Crippen LogP contribution in [0.4, 0.5) is 11.4 Å². The van der Waals surface area contributed by atoms with Gasteiger partial charge in [0.05, 0.1) is 16.7 Å². The summed E-state index contributed by atoms with van der Waals surface area (Å²) in [6.07, 6.45) is 6.80. The van der Waals surface area contributed by atoms with Crippen LogP contribution in [0.1, 0.15) is 59.6 Å². The summed E-state index contributed by atoms with van der Waals surface area (Å²) in [7, 11) is 0. The lowest BCUT2D eigenvalue weighted by Gasteiger charge is -2.29. The molecular weight excluding hydrogens is 547 g/mol. The summed E-state index contributed by atoms with van der Waals surface area (Å²) in [5.41, 5.74) is 4.67. The largest absolute Gasteiger partial charge is 0.366 e. The molecule has 204 valence electrons. The van der Waals surface area contributed by atoms with E-state index >= 15 is 0 Å². The Morgan fingerprint density at radius 1 is 0.950 bits per heavy atom. The van der Waals surface area contributed by atoms with E-state index in [0.717, 1.165) is 67.6 Å².